The Morgan fingerprint density at radius 3 is 2.33 bits per heavy atom. The normalized spacial score (nSPS) is 11.1. The summed E-state index contributed by atoms with van der Waals surface area (Å²) in [5, 5.41) is 4.05. The highest BCUT2D eigenvalue weighted by molar-refractivity contribution is 7.89. The number of carbonyl (C=O) groups excluding carboxylic acids is 2. The van der Waals surface area contributed by atoms with Gasteiger partial charge in [-0.2, -0.15) is 0 Å². The topological polar surface area (TPSA) is 104 Å². The molecule has 2 rings (SSSR count). The van der Waals surface area contributed by atoms with E-state index in [0.29, 0.717) is 6.07 Å². The lowest BCUT2D eigenvalue weighted by Crippen LogP contribution is -2.33. The fourth-order valence-corrected chi connectivity index (χ4v) is 3.28. The smallest absolute Gasteiger partial charge is 0.251 e. The van der Waals surface area contributed by atoms with Gasteiger partial charge in [0.05, 0.1) is 12.2 Å². The van der Waals surface area contributed by atoms with Crippen molar-refractivity contribution in [3.63, 3.8) is 0 Å². The van der Waals surface area contributed by atoms with Crippen LogP contribution in [0.4, 0.5) is 23.2 Å². The molecule has 0 saturated heterocycles. The molecule has 0 bridgehead atoms. The van der Waals surface area contributed by atoms with Gasteiger partial charge in [-0.15, -0.1) is 6.58 Å². The molecule has 0 aromatic heterocycles. The maximum absolute atomic E-state index is 13.9. The molecular weight excluding hydrogens is 430 g/mol. The van der Waals surface area contributed by atoms with Crippen LogP contribution in [-0.4, -0.2) is 33.3 Å². The lowest BCUT2D eigenvalue weighted by atomic mass is 10.2. The van der Waals surface area contributed by atoms with Gasteiger partial charge in [0.15, 0.2) is 17.5 Å². The molecule has 2 amide bonds. The largest absolute Gasteiger partial charge is 0.343 e. The van der Waals surface area contributed by atoms with Crippen molar-refractivity contribution < 1.29 is 35.6 Å². The van der Waals surface area contributed by atoms with E-state index in [-0.39, 0.29) is 12.1 Å². The minimum absolute atomic E-state index is 0.168. The third kappa shape index (κ3) is 5.42. The Labute approximate surface area is 168 Å². The zero-order valence-electron chi connectivity index (χ0n) is 15.1. The fourth-order valence-electron chi connectivity index (χ4n) is 2.18. The average molecular weight is 445 g/mol. The quantitative estimate of drug-likeness (QED) is 0.329. The molecule has 0 atom stereocenters. The minimum atomic E-state index is -4.26. The van der Waals surface area contributed by atoms with Crippen LogP contribution < -0.4 is 15.4 Å². The van der Waals surface area contributed by atoms with E-state index in [2.05, 4.69) is 11.9 Å². The van der Waals surface area contributed by atoms with Crippen molar-refractivity contribution in [3.05, 3.63) is 71.8 Å². The second-order valence-corrected chi connectivity index (χ2v) is 7.47. The molecule has 3 N–H and O–H groups in total. The molecule has 2 aromatic rings. The molecular formula is C18H15F4N3O4S. The number of nitrogens with one attached hydrogen (secondary N) is 3. The van der Waals surface area contributed by atoms with E-state index in [1.165, 1.54) is 6.08 Å². The molecule has 160 valence electrons. The van der Waals surface area contributed by atoms with Crippen LogP contribution in [0.1, 0.15) is 10.4 Å². The van der Waals surface area contributed by atoms with Gasteiger partial charge in [0.1, 0.15) is 10.7 Å². The Hall–Kier alpha value is -3.25. The molecule has 30 heavy (non-hydrogen) atoms. The number of carbonyl (C=O) groups is 2. The van der Waals surface area contributed by atoms with Gasteiger partial charge in [-0.25, -0.2) is 30.7 Å². The van der Waals surface area contributed by atoms with Gasteiger partial charge in [-0.3, -0.25) is 9.59 Å². The first kappa shape index (κ1) is 23.0. The van der Waals surface area contributed by atoms with E-state index in [9.17, 15) is 35.6 Å². The van der Waals surface area contributed by atoms with Crippen LogP contribution in [0.25, 0.3) is 0 Å². The zero-order valence-corrected chi connectivity index (χ0v) is 16.0. The van der Waals surface area contributed by atoms with Gasteiger partial charge in [0, 0.05) is 12.1 Å². The van der Waals surface area contributed by atoms with E-state index >= 15 is 0 Å². The third-order valence-electron chi connectivity index (χ3n) is 3.62. The van der Waals surface area contributed by atoms with Crippen molar-refractivity contribution in [2.24, 2.45) is 0 Å². The molecule has 0 aliphatic rings. The summed E-state index contributed by atoms with van der Waals surface area (Å²) >= 11 is 0. The standard InChI is InChI=1S/C18H15F4N3O4S/c1-2-7-24-30(28,29)14-8-10(3-4-11(14)19)18(27)23-9-15(26)25-13-6-5-12(20)16(21)17(13)22/h2-6,8,24H,1,7,9H2,(H,23,27)(H,25,26). The molecule has 0 radical (unpaired) electrons. The molecule has 0 aliphatic heterocycles. The summed E-state index contributed by atoms with van der Waals surface area (Å²) < 4.78 is 79.6. The van der Waals surface area contributed by atoms with Gasteiger partial charge in [0.25, 0.3) is 5.91 Å². The number of amides is 2. The highest BCUT2D eigenvalue weighted by Crippen LogP contribution is 2.19. The number of sulfonamides is 1. The summed E-state index contributed by atoms with van der Waals surface area (Å²) in [6.07, 6.45) is 1.24. The van der Waals surface area contributed by atoms with Crippen LogP contribution in [0.2, 0.25) is 0 Å². The molecule has 7 nitrogen and oxygen atoms in total. The third-order valence-corrected chi connectivity index (χ3v) is 5.06. The first-order valence-corrected chi connectivity index (χ1v) is 9.66. The van der Waals surface area contributed by atoms with E-state index < -0.39 is 62.2 Å². The van der Waals surface area contributed by atoms with Crippen LogP contribution in [0.15, 0.2) is 47.9 Å². The Morgan fingerprint density at radius 1 is 1.00 bits per heavy atom. The lowest BCUT2D eigenvalue weighted by molar-refractivity contribution is -0.115. The molecule has 0 fully saturated rings. The van der Waals surface area contributed by atoms with Gasteiger partial charge < -0.3 is 10.6 Å². The summed E-state index contributed by atoms with van der Waals surface area (Å²) in [4.78, 5) is 23.2. The van der Waals surface area contributed by atoms with Crippen molar-refractivity contribution >= 4 is 27.5 Å². The monoisotopic (exact) mass is 445 g/mol. The van der Waals surface area contributed by atoms with Gasteiger partial charge in [-0.1, -0.05) is 6.08 Å². The zero-order chi connectivity index (χ0) is 22.5. The van der Waals surface area contributed by atoms with Crippen molar-refractivity contribution in [1.82, 2.24) is 10.0 Å². The minimum Gasteiger partial charge on any atom is -0.343 e. The van der Waals surface area contributed by atoms with Crippen LogP contribution >= 0.6 is 0 Å². The predicted molar refractivity (Wildman–Crippen MR) is 99.1 cm³/mol. The van der Waals surface area contributed by atoms with Crippen LogP contribution in [0.5, 0.6) is 0 Å². The second kappa shape index (κ2) is 9.50. The summed E-state index contributed by atoms with van der Waals surface area (Å²) in [5.41, 5.74) is -0.918. The summed E-state index contributed by atoms with van der Waals surface area (Å²) in [6.45, 7) is 2.44. The maximum Gasteiger partial charge on any atom is 0.251 e. The molecule has 0 aliphatic carbocycles. The van der Waals surface area contributed by atoms with Gasteiger partial charge in [0.2, 0.25) is 15.9 Å². The number of hydrogen-bond donors (Lipinski definition) is 3. The van der Waals surface area contributed by atoms with E-state index in [1.807, 2.05) is 10.0 Å². The summed E-state index contributed by atoms with van der Waals surface area (Å²) in [5.74, 6) is -7.85. The molecule has 0 saturated carbocycles. The highest BCUT2D eigenvalue weighted by atomic mass is 32.2. The summed E-state index contributed by atoms with van der Waals surface area (Å²) in [7, 11) is -4.26. The van der Waals surface area contributed by atoms with E-state index in [0.717, 1.165) is 24.3 Å². The molecule has 12 heteroatoms. The van der Waals surface area contributed by atoms with Crippen LogP contribution in [-0.2, 0) is 14.8 Å². The number of halogens is 4. The first-order valence-electron chi connectivity index (χ1n) is 8.18. The highest BCUT2D eigenvalue weighted by Gasteiger charge is 2.21. The molecule has 0 heterocycles. The Bertz CT molecular complexity index is 1110. The Morgan fingerprint density at radius 2 is 1.67 bits per heavy atom. The van der Waals surface area contributed by atoms with Crippen LogP contribution in [0.3, 0.4) is 0 Å². The second-order valence-electron chi connectivity index (χ2n) is 5.74. The van der Waals surface area contributed by atoms with E-state index in [1.54, 1.807) is 0 Å². The number of anilines is 1. The number of hydrogen-bond acceptors (Lipinski definition) is 4. The average Bonchev–Trinajstić information content (AvgIpc) is 2.71. The number of rotatable bonds is 8. The predicted octanol–water partition coefficient (Wildman–Crippen LogP) is 2.08. The van der Waals surface area contributed by atoms with Crippen LogP contribution in [0, 0.1) is 23.3 Å². The fraction of sp³-hybridized carbons (Fsp3) is 0.111. The van der Waals surface area contributed by atoms with Crippen molar-refractivity contribution in [2.45, 2.75) is 4.90 Å². The summed E-state index contributed by atoms with van der Waals surface area (Å²) in [6, 6.07) is 3.91. The number of benzene rings is 2. The van der Waals surface area contributed by atoms with Crippen molar-refractivity contribution in [1.29, 1.82) is 0 Å². The molecule has 0 spiro atoms. The van der Waals surface area contributed by atoms with Crippen molar-refractivity contribution in [3.8, 4) is 0 Å². The van der Waals surface area contributed by atoms with Crippen molar-refractivity contribution in [2.75, 3.05) is 18.4 Å². The molecule has 0 unspecified atom stereocenters. The Balaban J connectivity index is 2.08. The SMILES string of the molecule is C=CCNS(=O)(=O)c1cc(C(=O)NCC(=O)Nc2ccc(F)c(F)c2F)ccc1F. The Kier molecular flexibility index (Phi) is 7.29. The maximum atomic E-state index is 13.9. The van der Waals surface area contributed by atoms with Gasteiger partial charge >= 0.3 is 0 Å². The lowest BCUT2D eigenvalue weighted by Gasteiger charge is -2.10. The van der Waals surface area contributed by atoms with Gasteiger partial charge in [-0.05, 0) is 30.3 Å². The van der Waals surface area contributed by atoms with E-state index in [4.69, 9.17) is 0 Å². The molecule has 2 aromatic carbocycles. The first-order chi connectivity index (χ1) is 14.1.